The maximum absolute atomic E-state index is 13.2. The molecule has 0 atom stereocenters. The van der Waals surface area contributed by atoms with E-state index in [0.717, 1.165) is 4.90 Å². The molecule has 3 amide bonds. The van der Waals surface area contributed by atoms with E-state index in [1.165, 1.54) is 12.1 Å². The number of anilines is 3. The molecule has 166 valence electrons. The molecule has 7 heteroatoms. The zero-order chi connectivity index (χ0) is 23.7. The van der Waals surface area contributed by atoms with Gasteiger partial charge in [0.05, 0.1) is 16.8 Å². The van der Waals surface area contributed by atoms with Gasteiger partial charge >= 0.3 is 0 Å². The number of benzene rings is 4. The first-order valence-corrected chi connectivity index (χ1v) is 10.5. The number of nitrogens with two attached hydrogens (primary N) is 1. The summed E-state index contributed by atoms with van der Waals surface area (Å²) in [4.78, 5) is 39.8. The van der Waals surface area contributed by atoms with Crippen molar-refractivity contribution in [3.05, 3.63) is 114 Å². The summed E-state index contributed by atoms with van der Waals surface area (Å²) in [6, 6.07) is 27.2. The number of imide groups is 1. The van der Waals surface area contributed by atoms with Gasteiger partial charge < -0.3 is 15.8 Å². The number of nitrogens with zero attached hydrogens (tertiary/aromatic N) is 1. The number of rotatable bonds is 5. The zero-order valence-corrected chi connectivity index (χ0v) is 17.9. The molecule has 0 aromatic heterocycles. The van der Waals surface area contributed by atoms with Gasteiger partial charge in [-0.3, -0.25) is 14.4 Å². The van der Waals surface area contributed by atoms with Crippen molar-refractivity contribution in [1.29, 1.82) is 0 Å². The standard InChI is InChI=1S/C27H19N3O4/c28-18-7-4-6-17(14-18)25(31)29-19-12-13-23-24(15-19)27(33)30(26(23)32)20-8-5-11-22(16-20)34-21-9-2-1-3-10-21/h1-16H,28H2,(H,29,31). The third kappa shape index (κ3) is 3.98. The van der Waals surface area contributed by atoms with Crippen molar-refractivity contribution >= 4 is 34.8 Å². The highest BCUT2D eigenvalue weighted by molar-refractivity contribution is 6.34. The number of fused-ring (bicyclic) bond motifs is 1. The number of hydrogen-bond donors (Lipinski definition) is 2. The van der Waals surface area contributed by atoms with E-state index in [1.54, 1.807) is 54.6 Å². The average Bonchev–Trinajstić information content (AvgIpc) is 3.09. The molecule has 7 nitrogen and oxygen atoms in total. The fourth-order valence-electron chi connectivity index (χ4n) is 3.75. The second-order valence-electron chi connectivity index (χ2n) is 7.70. The highest BCUT2D eigenvalue weighted by Crippen LogP contribution is 2.33. The van der Waals surface area contributed by atoms with E-state index in [9.17, 15) is 14.4 Å². The van der Waals surface area contributed by atoms with Crippen LogP contribution in [-0.2, 0) is 0 Å². The van der Waals surface area contributed by atoms with Crippen LogP contribution in [0.5, 0.6) is 11.5 Å². The van der Waals surface area contributed by atoms with Crippen LogP contribution in [0.3, 0.4) is 0 Å². The van der Waals surface area contributed by atoms with E-state index in [2.05, 4.69) is 5.32 Å². The summed E-state index contributed by atoms with van der Waals surface area (Å²) >= 11 is 0. The number of nitrogens with one attached hydrogen (secondary N) is 1. The Morgan fingerprint density at radius 3 is 2.26 bits per heavy atom. The third-order valence-corrected chi connectivity index (χ3v) is 5.35. The Morgan fingerprint density at radius 1 is 0.735 bits per heavy atom. The van der Waals surface area contributed by atoms with Gasteiger partial charge in [-0.05, 0) is 60.7 Å². The molecule has 34 heavy (non-hydrogen) atoms. The van der Waals surface area contributed by atoms with Crippen molar-refractivity contribution in [2.75, 3.05) is 16.0 Å². The molecule has 4 aromatic carbocycles. The lowest BCUT2D eigenvalue weighted by Crippen LogP contribution is -2.29. The summed E-state index contributed by atoms with van der Waals surface area (Å²) in [5.41, 5.74) is 7.87. The predicted molar refractivity (Wildman–Crippen MR) is 129 cm³/mol. The Balaban J connectivity index is 1.39. The van der Waals surface area contributed by atoms with Crippen molar-refractivity contribution in [2.45, 2.75) is 0 Å². The second kappa shape index (κ2) is 8.55. The van der Waals surface area contributed by atoms with E-state index in [-0.39, 0.29) is 17.0 Å². The van der Waals surface area contributed by atoms with Crippen molar-refractivity contribution in [1.82, 2.24) is 0 Å². The lowest BCUT2D eigenvalue weighted by atomic mass is 10.1. The highest BCUT2D eigenvalue weighted by Gasteiger charge is 2.37. The van der Waals surface area contributed by atoms with E-state index in [0.29, 0.717) is 34.1 Å². The molecule has 1 aliphatic rings. The monoisotopic (exact) mass is 449 g/mol. The van der Waals surface area contributed by atoms with Gasteiger partial charge in [-0.2, -0.15) is 0 Å². The Bertz CT molecular complexity index is 1430. The quantitative estimate of drug-likeness (QED) is 0.325. The molecule has 0 saturated carbocycles. The maximum atomic E-state index is 13.2. The minimum atomic E-state index is -0.475. The van der Waals surface area contributed by atoms with Crippen molar-refractivity contribution in [2.24, 2.45) is 0 Å². The largest absolute Gasteiger partial charge is 0.457 e. The molecule has 0 spiro atoms. The van der Waals surface area contributed by atoms with Crippen molar-refractivity contribution < 1.29 is 19.1 Å². The van der Waals surface area contributed by atoms with Gasteiger partial charge in [0.15, 0.2) is 0 Å². The second-order valence-corrected chi connectivity index (χ2v) is 7.70. The van der Waals surface area contributed by atoms with Gasteiger partial charge in [-0.1, -0.05) is 30.3 Å². The van der Waals surface area contributed by atoms with Crippen molar-refractivity contribution in [3.8, 4) is 11.5 Å². The maximum Gasteiger partial charge on any atom is 0.266 e. The molecule has 5 rings (SSSR count). The number of para-hydroxylation sites is 1. The third-order valence-electron chi connectivity index (χ3n) is 5.35. The Labute approximate surface area is 195 Å². The van der Waals surface area contributed by atoms with E-state index < -0.39 is 11.8 Å². The van der Waals surface area contributed by atoms with E-state index in [1.807, 2.05) is 30.3 Å². The van der Waals surface area contributed by atoms with Gasteiger partial charge in [0.1, 0.15) is 11.5 Å². The van der Waals surface area contributed by atoms with Crippen LogP contribution in [0.25, 0.3) is 0 Å². The zero-order valence-electron chi connectivity index (χ0n) is 17.9. The lowest BCUT2D eigenvalue weighted by Gasteiger charge is -2.15. The Kier molecular flexibility index (Phi) is 5.27. The van der Waals surface area contributed by atoms with Crippen LogP contribution in [0.4, 0.5) is 17.1 Å². The van der Waals surface area contributed by atoms with Gasteiger partial charge in [-0.25, -0.2) is 4.90 Å². The normalized spacial score (nSPS) is 12.4. The molecule has 1 heterocycles. The summed E-state index contributed by atoms with van der Waals surface area (Å²) in [7, 11) is 0. The summed E-state index contributed by atoms with van der Waals surface area (Å²) in [5, 5.41) is 2.75. The van der Waals surface area contributed by atoms with Gasteiger partial charge in [0.25, 0.3) is 17.7 Å². The van der Waals surface area contributed by atoms with Crippen molar-refractivity contribution in [3.63, 3.8) is 0 Å². The minimum Gasteiger partial charge on any atom is -0.457 e. The number of ether oxygens (including phenoxy) is 1. The van der Waals surface area contributed by atoms with Crippen LogP contribution < -0.4 is 20.7 Å². The minimum absolute atomic E-state index is 0.213. The molecular weight excluding hydrogens is 430 g/mol. The fourth-order valence-corrected chi connectivity index (χ4v) is 3.75. The first kappa shape index (κ1) is 21.0. The molecule has 0 aliphatic carbocycles. The average molecular weight is 449 g/mol. The summed E-state index contributed by atoms with van der Waals surface area (Å²) in [6.45, 7) is 0. The van der Waals surface area contributed by atoms with Crippen LogP contribution in [0, 0.1) is 0 Å². The van der Waals surface area contributed by atoms with Gasteiger partial charge in [-0.15, -0.1) is 0 Å². The molecule has 0 bridgehead atoms. The molecule has 0 unspecified atom stereocenters. The molecule has 1 aliphatic heterocycles. The first-order valence-electron chi connectivity index (χ1n) is 10.5. The summed E-state index contributed by atoms with van der Waals surface area (Å²) in [6.07, 6.45) is 0. The topological polar surface area (TPSA) is 102 Å². The molecular formula is C27H19N3O4. The van der Waals surface area contributed by atoms with Gasteiger partial charge in [0.2, 0.25) is 0 Å². The fraction of sp³-hybridized carbons (Fsp3) is 0. The number of nitrogen functional groups attached to an aromatic ring is 1. The Morgan fingerprint density at radius 2 is 1.47 bits per heavy atom. The van der Waals surface area contributed by atoms with Crippen LogP contribution in [0.15, 0.2) is 97.1 Å². The molecule has 0 saturated heterocycles. The van der Waals surface area contributed by atoms with Crippen LogP contribution in [0.1, 0.15) is 31.1 Å². The molecule has 3 N–H and O–H groups in total. The Hall–Kier alpha value is -4.91. The number of hydrogen-bond acceptors (Lipinski definition) is 5. The number of carbonyl (C=O) groups is 3. The lowest BCUT2D eigenvalue weighted by molar-refractivity contribution is 0.0924. The summed E-state index contributed by atoms with van der Waals surface area (Å²) in [5.74, 6) is -0.146. The van der Waals surface area contributed by atoms with Crippen LogP contribution in [0.2, 0.25) is 0 Å². The molecule has 4 aromatic rings. The number of amides is 3. The summed E-state index contributed by atoms with van der Waals surface area (Å²) < 4.78 is 5.83. The molecule has 0 fully saturated rings. The smallest absolute Gasteiger partial charge is 0.266 e. The van der Waals surface area contributed by atoms with Crippen LogP contribution in [-0.4, -0.2) is 17.7 Å². The predicted octanol–water partition coefficient (Wildman–Crippen LogP) is 5.11. The van der Waals surface area contributed by atoms with Gasteiger partial charge in [0, 0.05) is 23.0 Å². The number of carbonyl (C=O) groups excluding carboxylic acids is 3. The highest BCUT2D eigenvalue weighted by atomic mass is 16.5. The SMILES string of the molecule is Nc1cccc(C(=O)Nc2ccc3c(c2)C(=O)N(c2cccc(Oc4ccccc4)c2)C3=O)c1. The van der Waals surface area contributed by atoms with E-state index >= 15 is 0 Å². The molecule has 0 radical (unpaired) electrons. The van der Waals surface area contributed by atoms with Crippen LogP contribution >= 0.6 is 0 Å². The first-order chi connectivity index (χ1) is 16.5. The van der Waals surface area contributed by atoms with E-state index in [4.69, 9.17) is 10.5 Å².